The van der Waals surface area contributed by atoms with E-state index in [1.54, 1.807) is 12.1 Å². The van der Waals surface area contributed by atoms with Crippen LogP contribution in [0.5, 0.6) is 0 Å². The predicted octanol–water partition coefficient (Wildman–Crippen LogP) is 2.74. The van der Waals surface area contributed by atoms with Gasteiger partial charge in [0.25, 0.3) is 0 Å². The minimum atomic E-state index is -3.73. The number of hydrogen-bond donors (Lipinski definition) is 1. The van der Waals surface area contributed by atoms with Gasteiger partial charge in [0, 0.05) is 15.8 Å². The highest BCUT2D eigenvalue weighted by Crippen LogP contribution is 2.33. The number of carbonyl (C=O) groups is 1. The van der Waals surface area contributed by atoms with Crippen LogP contribution in [0, 0.1) is 0 Å². The fraction of sp³-hybridized carbons (Fsp3) is 0.154. The van der Waals surface area contributed by atoms with E-state index in [9.17, 15) is 13.2 Å². The van der Waals surface area contributed by atoms with Crippen molar-refractivity contribution in [3.05, 3.63) is 40.1 Å². The van der Waals surface area contributed by atoms with Crippen LogP contribution in [0.25, 0.3) is 11.1 Å². The van der Waals surface area contributed by atoms with Crippen molar-refractivity contribution in [1.82, 2.24) is 0 Å². The standard InChI is InChI=1S/C13H12BrNO4S2/c1-19-13(16)12-11(6-9(7-14)20-12)8-2-4-10(5-3-8)21(15,17)18/h2-6H,7H2,1H3,(H2,15,17,18). The van der Waals surface area contributed by atoms with E-state index in [0.29, 0.717) is 15.8 Å². The van der Waals surface area contributed by atoms with Crippen molar-refractivity contribution in [1.29, 1.82) is 0 Å². The number of carbonyl (C=O) groups excluding carboxylic acids is 1. The Morgan fingerprint density at radius 3 is 2.43 bits per heavy atom. The Labute approximate surface area is 134 Å². The zero-order valence-corrected chi connectivity index (χ0v) is 14.2. The second kappa shape index (κ2) is 6.27. The van der Waals surface area contributed by atoms with Crippen LogP contribution in [0.2, 0.25) is 0 Å². The molecule has 0 bridgehead atoms. The topological polar surface area (TPSA) is 86.5 Å². The minimum Gasteiger partial charge on any atom is -0.465 e. The molecule has 2 aromatic rings. The first-order chi connectivity index (χ1) is 9.86. The number of primary sulfonamides is 1. The van der Waals surface area contributed by atoms with Crippen LogP contribution in [0.3, 0.4) is 0 Å². The zero-order chi connectivity index (χ0) is 15.6. The van der Waals surface area contributed by atoms with E-state index in [2.05, 4.69) is 15.9 Å². The van der Waals surface area contributed by atoms with Crippen LogP contribution in [-0.4, -0.2) is 21.5 Å². The summed E-state index contributed by atoms with van der Waals surface area (Å²) in [5.41, 5.74) is 1.44. The van der Waals surface area contributed by atoms with E-state index in [4.69, 9.17) is 9.88 Å². The van der Waals surface area contributed by atoms with Crippen molar-refractivity contribution >= 4 is 43.3 Å². The predicted molar refractivity (Wildman–Crippen MR) is 85.1 cm³/mol. The van der Waals surface area contributed by atoms with Crippen LogP contribution in [0.1, 0.15) is 14.5 Å². The van der Waals surface area contributed by atoms with E-state index < -0.39 is 16.0 Å². The summed E-state index contributed by atoms with van der Waals surface area (Å²) in [5.74, 6) is -0.419. The van der Waals surface area contributed by atoms with E-state index in [-0.39, 0.29) is 4.90 Å². The highest BCUT2D eigenvalue weighted by atomic mass is 79.9. The molecule has 2 N–H and O–H groups in total. The van der Waals surface area contributed by atoms with Gasteiger partial charge in [-0.15, -0.1) is 11.3 Å². The summed E-state index contributed by atoms with van der Waals surface area (Å²) in [6, 6.07) is 7.94. The molecule has 0 saturated carbocycles. The maximum Gasteiger partial charge on any atom is 0.348 e. The number of esters is 1. The number of sulfonamides is 1. The Balaban J connectivity index is 2.51. The quantitative estimate of drug-likeness (QED) is 0.643. The highest BCUT2D eigenvalue weighted by Gasteiger charge is 2.18. The molecule has 21 heavy (non-hydrogen) atoms. The number of alkyl halides is 1. The lowest BCUT2D eigenvalue weighted by Gasteiger charge is -2.04. The average molecular weight is 390 g/mol. The SMILES string of the molecule is COC(=O)c1sc(CBr)cc1-c1ccc(S(N)(=O)=O)cc1. The van der Waals surface area contributed by atoms with Gasteiger partial charge >= 0.3 is 5.97 Å². The molecule has 1 heterocycles. The average Bonchev–Trinajstić information content (AvgIpc) is 2.90. The van der Waals surface area contributed by atoms with Crippen LogP contribution >= 0.6 is 27.3 Å². The molecule has 0 aliphatic heterocycles. The molecule has 0 fully saturated rings. The van der Waals surface area contributed by atoms with Crippen molar-refractivity contribution in [2.24, 2.45) is 5.14 Å². The second-order valence-corrected chi connectivity index (χ2v) is 7.41. The van der Waals surface area contributed by atoms with Crippen LogP contribution < -0.4 is 5.14 Å². The minimum absolute atomic E-state index is 0.0295. The summed E-state index contributed by atoms with van der Waals surface area (Å²) in [6.07, 6.45) is 0. The third kappa shape index (κ3) is 3.52. The normalized spacial score (nSPS) is 11.4. The highest BCUT2D eigenvalue weighted by molar-refractivity contribution is 9.08. The molecule has 0 aliphatic carbocycles. The summed E-state index contributed by atoms with van der Waals surface area (Å²) in [7, 11) is -2.41. The van der Waals surface area contributed by atoms with Gasteiger partial charge in [0.2, 0.25) is 10.0 Å². The van der Waals surface area contributed by atoms with Gasteiger partial charge in [-0.3, -0.25) is 0 Å². The van der Waals surface area contributed by atoms with Gasteiger partial charge in [0.05, 0.1) is 12.0 Å². The Hall–Kier alpha value is -1.22. The molecule has 0 atom stereocenters. The van der Waals surface area contributed by atoms with Crippen molar-refractivity contribution in [3.8, 4) is 11.1 Å². The third-order valence-corrected chi connectivity index (χ3v) is 5.80. The molecule has 5 nitrogen and oxygen atoms in total. The van der Waals surface area contributed by atoms with Crippen molar-refractivity contribution in [2.45, 2.75) is 10.2 Å². The molecule has 1 aromatic heterocycles. The monoisotopic (exact) mass is 389 g/mol. The largest absolute Gasteiger partial charge is 0.465 e. The molecule has 8 heteroatoms. The third-order valence-electron chi connectivity index (χ3n) is 2.78. The summed E-state index contributed by atoms with van der Waals surface area (Å²) in [6.45, 7) is 0. The van der Waals surface area contributed by atoms with Gasteiger partial charge in [-0.05, 0) is 23.8 Å². The van der Waals surface area contributed by atoms with E-state index in [1.165, 1.54) is 30.6 Å². The number of hydrogen-bond acceptors (Lipinski definition) is 5. The molecule has 0 radical (unpaired) electrons. The van der Waals surface area contributed by atoms with Gasteiger partial charge < -0.3 is 4.74 Å². The van der Waals surface area contributed by atoms with Crippen molar-refractivity contribution < 1.29 is 17.9 Å². The van der Waals surface area contributed by atoms with E-state index in [0.717, 1.165) is 10.4 Å². The maximum atomic E-state index is 11.8. The lowest BCUT2D eigenvalue weighted by atomic mass is 10.1. The first kappa shape index (κ1) is 16.2. The molecule has 1 aromatic carbocycles. The summed E-state index contributed by atoms with van der Waals surface area (Å²) in [4.78, 5) is 13.3. The van der Waals surface area contributed by atoms with Gasteiger partial charge in [-0.2, -0.15) is 0 Å². The Morgan fingerprint density at radius 2 is 1.95 bits per heavy atom. The molecular formula is C13H12BrNO4S2. The zero-order valence-electron chi connectivity index (χ0n) is 11.0. The number of rotatable bonds is 4. The molecule has 2 rings (SSSR count). The number of ether oxygens (including phenoxy) is 1. The van der Waals surface area contributed by atoms with Crippen molar-refractivity contribution in [2.75, 3.05) is 7.11 Å². The summed E-state index contributed by atoms with van der Waals surface area (Å²) >= 11 is 4.68. The first-order valence-corrected chi connectivity index (χ1v) is 9.25. The molecule has 0 unspecified atom stereocenters. The number of methoxy groups -OCH3 is 1. The van der Waals surface area contributed by atoms with Crippen LogP contribution in [-0.2, 0) is 20.1 Å². The first-order valence-electron chi connectivity index (χ1n) is 5.77. The van der Waals surface area contributed by atoms with Gasteiger partial charge in [0.1, 0.15) is 4.88 Å². The number of thiophene rings is 1. The fourth-order valence-corrected chi connectivity index (χ4v) is 3.76. The van der Waals surface area contributed by atoms with E-state index in [1.807, 2.05) is 6.07 Å². The second-order valence-electron chi connectivity index (χ2n) is 4.15. The van der Waals surface area contributed by atoms with Crippen molar-refractivity contribution in [3.63, 3.8) is 0 Å². The van der Waals surface area contributed by atoms with Crippen LogP contribution in [0.4, 0.5) is 0 Å². The molecular weight excluding hydrogens is 378 g/mol. The molecule has 0 spiro atoms. The molecule has 0 saturated heterocycles. The summed E-state index contributed by atoms with van der Waals surface area (Å²) in [5, 5.41) is 5.69. The molecule has 0 aliphatic rings. The molecule has 0 amide bonds. The van der Waals surface area contributed by atoms with Gasteiger partial charge in [-0.1, -0.05) is 28.1 Å². The summed E-state index contributed by atoms with van der Waals surface area (Å²) < 4.78 is 27.3. The maximum absolute atomic E-state index is 11.8. The Kier molecular flexibility index (Phi) is 4.82. The van der Waals surface area contributed by atoms with E-state index >= 15 is 0 Å². The fourth-order valence-electron chi connectivity index (χ4n) is 1.79. The smallest absolute Gasteiger partial charge is 0.348 e. The number of halogens is 1. The van der Waals surface area contributed by atoms with Gasteiger partial charge in [0.15, 0.2) is 0 Å². The number of nitrogens with two attached hydrogens (primary N) is 1. The lowest BCUT2D eigenvalue weighted by Crippen LogP contribution is -2.11. The van der Waals surface area contributed by atoms with Gasteiger partial charge in [-0.25, -0.2) is 18.4 Å². The van der Waals surface area contributed by atoms with Crippen LogP contribution in [0.15, 0.2) is 35.2 Å². The Morgan fingerprint density at radius 1 is 1.33 bits per heavy atom. The molecule has 112 valence electrons. The lowest BCUT2D eigenvalue weighted by molar-refractivity contribution is 0.0607. The number of benzene rings is 1. The Bertz CT molecular complexity index is 766.